The zero-order valence-electron chi connectivity index (χ0n) is 22.9. The fourth-order valence-corrected chi connectivity index (χ4v) is 4.83. The number of hydrogen-bond acceptors (Lipinski definition) is 5. The van der Waals surface area contributed by atoms with E-state index in [1.54, 1.807) is 36.1 Å². The smallest absolute Gasteiger partial charge is 0.242 e. The Kier molecular flexibility index (Phi) is 11.4. The summed E-state index contributed by atoms with van der Waals surface area (Å²) in [6.07, 6.45) is 2.31. The number of nitrogens with one attached hydrogen (secondary N) is 1. The number of para-hydroxylation sites is 2. The minimum atomic E-state index is -3.61. The lowest BCUT2D eigenvalue weighted by Crippen LogP contribution is -2.49. The first-order chi connectivity index (χ1) is 17.5. The van der Waals surface area contributed by atoms with Crippen LogP contribution < -0.4 is 14.4 Å². The lowest BCUT2D eigenvalue weighted by atomic mass is 10.1. The van der Waals surface area contributed by atoms with Crippen molar-refractivity contribution in [3.63, 3.8) is 0 Å². The van der Waals surface area contributed by atoms with Gasteiger partial charge in [0, 0.05) is 25.6 Å². The third-order valence-corrected chi connectivity index (χ3v) is 7.41. The van der Waals surface area contributed by atoms with Gasteiger partial charge in [-0.1, -0.05) is 48.9 Å². The summed E-state index contributed by atoms with van der Waals surface area (Å²) < 4.78 is 32.1. The second-order valence-corrected chi connectivity index (χ2v) is 11.2. The molecule has 0 spiro atoms. The number of aryl methyl sites for hydroxylation is 1. The predicted octanol–water partition coefficient (Wildman–Crippen LogP) is 4.27. The van der Waals surface area contributed by atoms with Crippen LogP contribution in [0.2, 0.25) is 0 Å². The molecule has 0 aliphatic heterocycles. The fourth-order valence-electron chi connectivity index (χ4n) is 3.86. The first kappa shape index (κ1) is 30.2. The molecule has 2 aromatic rings. The predicted molar refractivity (Wildman–Crippen MR) is 148 cm³/mol. The van der Waals surface area contributed by atoms with E-state index in [9.17, 15) is 18.0 Å². The Hall–Kier alpha value is -3.07. The van der Waals surface area contributed by atoms with E-state index < -0.39 is 16.1 Å². The molecule has 2 aromatic carbocycles. The van der Waals surface area contributed by atoms with Crippen LogP contribution in [0.15, 0.2) is 48.5 Å². The third kappa shape index (κ3) is 9.07. The van der Waals surface area contributed by atoms with Gasteiger partial charge in [0.25, 0.3) is 0 Å². The van der Waals surface area contributed by atoms with E-state index in [1.807, 2.05) is 52.0 Å². The van der Waals surface area contributed by atoms with Crippen molar-refractivity contribution < 1.29 is 22.7 Å². The average Bonchev–Trinajstić information content (AvgIpc) is 2.85. The molecule has 2 atom stereocenters. The molecule has 37 heavy (non-hydrogen) atoms. The van der Waals surface area contributed by atoms with E-state index in [-0.39, 0.29) is 43.8 Å². The Morgan fingerprint density at radius 1 is 1.03 bits per heavy atom. The van der Waals surface area contributed by atoms with Crippen molar-refractivity contribution in [3.8, 4) is 5.75 Å². The number of anilines is 1. The molecule has 2 rings (SSSR count). The molecule has 2 amide bonds. The zero-order chi connectivity index (χ0) is 27.6. The largest absolute Gasteiger partial charge is 0.492 e. The zero-order valence-corrected chi connectivity index (χ0v) is 23.7. The molecular formula is C28H41N3O5S. The van der Waals surface area contributed by atoms with E-state index in [2.05, 4.69) is 5.32 Å². The Balaban J connectivity index is 2.20. The molecule has 0 aliphatic rings. The van der Waals surface area contributed by atoms with Crippen LogP contribution in [0.5, 0.6) is 5.75 Å². The maximum atomic E-state index is 13.4. The number of carbonyl (C=O) groups is 2. The van der Waals surface area contributed by atoms with E-state index >= 15 is 0 Å². The Labute approximate surface area is 222 Å². The summed E-state index contributed by atoms with van der Waals surface area (Å²) in [5, 5.41) is 2.96. The summed E-state index contributed by atoms with van der Waals surface area (Å²) in [4.78, 5) is 27.9. The number of ether oxygens (including phenoxy) is 1. The Morgan fingerprint density at radius 2 is 1.68 bits per heavy atom. The summed E-state index contributed by atoms with van der Waals surface area (Å²) >= 11 is 0. The van der Waals surface area contributed by atoms with Gasteiger partial charge in [0.15, 0.2) is 0 Å². The van der Waals surface area contributed by atoms with Gasteiger partial charge in [0.2, 0.25) is 21.8 Å². The van der Waals surface area contributed by atoms with Gasteiger partial charge in [-0.2, -0.15) is 0 Å². The Bertz CT molecular complexity index is 1130. The highest BCUT2D eigenvalue weighted by Gasteiger charge is 2.27. The van der Waals surface area contributed by atoms with Crippen LogP contribution in [0.1, 0.15) is 58.1 Å². The van der Waals surface area contributed by atoms with Crippen LogP contribution >= 0.6 is 0 Å². The van der Waals surface area contributed by atoms with Gasteiger partial charge in [-0.15, -0.1) is 0 Å². The molecule has 0 fully saturated rings. The van der Waals surface area contributed by atoms with Gasteiger partial charge in [0.1, 0.15) is 11.8 Å². The van der Waals surface area contributed by atoms with E-state index in [0.29, 0.717) is 18.0 Å². The molecule has 0 radical (unpaired) electrons. The monoisotopic (exact) mass is 531 g/mol. The third-order valence-electron chi connectivity index (χ3n) is 6.23. The van der Waals surface area contributed by atoms with Crippen molar-refractivity contribution in [3.05, 3.63) is 59.7 Å². The van der Waals surface area contributed by atoms with Gasteiger partial charge in [-0.3, -0.25) is 13.9 Å². The van der Waals surface area contributed by atoms with Crippen LogP contribution in [-0.2, 0) is 26.2 Å². The van der Waals surface area contributed by atoms with Gasteiger partial charge in [-0.05, 0) is 58.2 Å². The molecule has 9 heteroatoms. The fraction of sp³-hybridized carbons (Fsp3) is 0.500. The van der Waals surface area contributed by atoms with Crippen LogP contribution in [0.4, 0.5) is 5.69 Å². The molecule has 0 bridgehead atoms. The number of benzene rings is 2. The highest BCUT2D eigenvalue weighted by molar-refractivity contribution is 7.92. The van der Waals surface area contributed by atoms with Crippen molar-refractivity contribution >= 4 is 27.5 Å². The van der Waals surface area contributed by atoms with Crippen molar-refractivity contribution in [2.24, 2.45) is 0 Å². The molecule has 0 saturated carbocycles. The Morgan fingerprint density at radius 3 is 2.27 bits per heavy atom. The van der Waals surface area contributed by atoms with E-state index in [1.165, 1.54) is 4.31 Å². The lowest BCUT2D eigenvalue weighted by Gasteiger charge is -2.30. The van der Waals surface area contributed by atoms with Crippen molar-refractivity contribution in [2.75, 3.05) is 23.7 Å². The summed E-state index contributed by atoms with van der Waals surface area (Å²) in [5.74, 6) is 0.0511. The van der Waals surface area contributed by atoms with E-state index in [4.69, 9.17) is 4.74 Å². The second-order valence-electron chi connectivity index (χ2n) is 9.34. The number of hydrogen-bond donors (Lipinski definition) is 1. The first-order valence-electron chi connectivity index (χ1n) is 12.8. The number of rotatable bonds is 14. The number of carbonyl (C=O) groups excluding carboxylic acids is 2. The highest BCUT2D eigenvalue weighted by atomic mass is 32.2. The van der Waals surface area contributed by atoms with Gasteiger partial charge in [-0.25, -0.2) is 8.42 Å². The maximum absolute atomic E-state index is 13.4. The van der Waals surface area contributed by atoms with Gasteiger partial charge >= 0.3 is 0 Å². The van der Waals surface area contributed by atoms with Crippen LogP contribution in [0, 0.1) is 6.92 Å². The standard InChI is InChI=1S/C28H41N3O5S/c1-7-22(4)29-28(33)23(5)30(20-24-17-15-21(3)16-18-24)27(32)14-11-19-31(37(6,34)35)25-12-9-10-13-26(25)36-8-2/h9-10,12-13,15-18,22-23H,7-8,11,14,19-20H2,1-6H3,(H,29,33)/t22-,23+/m0/s1. The van der Waals surface area contributed by atoms with Gasteiger partial charge < -0.3 is 15.0 Å². The number of amides is 2. The van der Waals surface area contributed by atoms with Crippen molar-refractivity contribution in [2.45, 2.75) is 72.5 Å². The number of sulfonamides is 1. The number of nitrogens with zero attached hydrogens (tertiary/aromatic N) is 2. The van der Waals surface area contributed by atoms with E-state index in [0.717, 1.165) is 23.8 Å². The maximum Gasteiger partial charge on any atom is 0.242 e. The summed E-state index contributed by atoms with van der Waals surface area (Å²) in [6, 6.07) is 14.1. The molecule has 0 unspecified atom stereocenters. The van der Waals surface area contributed by atoms with Crippen LogP contribution in [0.3, 0.4) is 0 Å². The summed E-state index contributed by atoms with van der Waals surface area (Å²) in [5.41, 5.74) is 2.47. The van der Waals surface area contributed by atoms with Crippen LogP contribution in [-0.4, -0.2) is 56.6 Å². The molecule has 1 N–H and O–H groups in total. The minimum Gasteiger partial charge on any atom is -0.492 e. The molecule has 0 saturated heterocycles. The molecular weight excluding hydrogens is 490 g/mol. The van der Waals surface area contributed by atoms with Crippen LogP contribution in [0.25, 0.3) is 0 Å². The molecule has 0 heterocycles. The normalized spacial score (nSPS) is 12.9. The van der Waals surface area contributed by atoms with Crippen molar-refractivity contribution in [1.82, 2.24) is 10.2 Å². The molecule has 0 aliphatic carbocycles. The quantitative estimate of drug-likeness (QED) is 0.393. The SMILES string of the molecule is CCOc1ccccc1N(CCCC(=O)N(Cc1ccc(C)cc1)[C@H](C)C(=O)N[C@@H](C)CC)S(C)(=O)=O. The minimum absolute atomic E-state index is 0.00000354. The average molecular weight is 532 g/mol. The molecule has 204 valence electrons. The van der Waals surface area contributed by atoms with Gasteiger partial charge in [0.05, 0.1) is 18.6 Å². The highest BCUT2D eigenvalue weighted by Crippen LogP contribution is 2.30. The summed E-state index contributed by atoms with van der Waals surface area (Å²) in [6.45, 7) is 10.3. The molecule has 8 nitrogen and oxygen atoms in total. The van der Waals surface area contributed by atoms with Crippen molar-refractivity contribution in [1.29, 1.82) is 0 Å². The first-order valence-corrected chi connectivity index (χ1v) is 14.7. The topological polar surface area (TPSA) is 96.0 Å². The second kappa shape index (κ2) is 14.0. The molecule has 0 aromatic heterocycles. The summed E-state index contributed by atoms with van der Waals surface area (Å²) in [7, 11) is -3.61. The lowest BCUT2D eigenvalue weighted by molar-refractivity contribution is -0.140.